The molecule has 0 bridgehead atoms. The average Bonchev–Trinajstić information content (AvgIpc) is 2.76. The van der Waals surface area contributed by atoms with Gasteiger partial charge in [-0.3, -0.25) is 4.79 Å². The average molecular weight is 428 g/mol. The first-order valence-corrected chi connectivity index (χ1v) is 10.0. The molecular weight excluding hydrogens is 400 g/mol. The predicted octanol–water partition coefficient (Wildman–Crippen LogP) is 2.55. The van der Waals surface area contributed by atoms with E-state index in [1.54, 1.807) is 12.1 Å². The van der Waals surface area contributed by atoms with Gasteiger partial charge in [-0.1, -0.05) is 56.3 Å². The number of nitrogens with one attached hydrogen (secondary N) is 2. The van der Waals surface area contributed by atoms with Gasteiger partial charge in [0.1, 0.15) is 24.9 Å². The Hall–Kier alpha value is -3.55. The molecule has 2 amide bonds. The highest BCUT2D eigenvalue weighted by molar-refractivity contribution is 5.87. The second-order valence-electron chi connectivity index (χ2n) is 7.43. The fourth-order valence-corrected chi connectivity index (χ4v) is 2.58. The first kappa shape index (κ1) is 23.7. The Labute approximate surface area is 181 Å². The van der Waals surface area contributed by atoms with Crippen LogP contribution in [0.5, 0.6) is 5.75 Å². The molecule has 0 aliphatic rings. The lowest BCUT2D eigenvalue weighted by molar-refractivity contribution is -0.148. The van der Waals surface area contributed by atoms with Gasteiger partial charge >= 0.3 is 12.1 Å². The van der Waals surface area contributed by atoms with Crippen molar-refractivity contribution in [3.63, 3.8) is 0 Å². The maximum absolute atomic E-state index is 12.5. The number of benzene rings is 2. The Bertz CT molecular complexity index is 852. The van der Waals surface area contributed by atoms with E-state index in [0.29, 0.717) is 0 Å². The summed E-state index contributed by atoms with van der Waals surface area (Å²) in [6.07, 6.45) is -0.557. The van der Waals surface area contributed by atoms with Crippen molar-refractivity contribution in [2.75, 3.05) is 13.2 Å². The highest BCUT2D eigenvalue weighted by atomic mass is 16.5. The van der Waals surface area contributed by atoms with E-state index >= 15 is 0 Å². The summed E-state index contributed by atoms with van der Waals surface area (Å²) in [5.74, 6) is -0.872. The number of ether oxygens (including phenoxy) is 2. The minimum atomic E-state index is -0.932. The van der Waals surface area contributed by atoms with Crippen molar-refractivity contribution in [3.05, 3.63) is 65.7 Å². The van der Waals surface area contributed by atoms with Gasteiger partial charge in [0.15, 0.2) is 0 Å². The summed E-state index contributed by atoms with van der Waals surface area (Å²) >= 11 is 0. The largest absolute Gasteiger partial charge is 0.508 e. The van der Waals surface area contributed by atoms with Crippen LogP contribution < -0.4 is 10.6 Å². The fraction of sp³-hybridized carbons (Fsp3) is 0.348. The third-order valence-electron chi connectivity index (χ3n) is 4.16. The van der Waals surface area contributed by atoms with Crippen LogP contribution in [0.4, 0.5) is 4.79 Å². The van der Waals surface area contributed by atoms with Crippen LogP contribution in [0.2, 0.25) is 0 Å². The van der Waals surface area contributed by atoms with Gasteiger partial charge in [0.25, 0.3) is 0 Å². The zero-order chi connectivity index (χ0) is 22.6. The third kappa shape index (κ3) is 9.20. The van der Waals surface area contributed by atoms with Crippen LogP contribution >= 0.6 is 0 Å². The van der Waals surface area contributed by atoms with Gasteiger partial charge in [-0.25, -0.2) is 9.59 Å². The summed E-state index contributed by atoms with van der Waals surface area (Å²) in [7, 11) is 0. The molecule has 0 saturated carbocycles. The first-order chi connectivity index (χ1) is 14.8. The topological polar surface area (TPSA) is 114 Å². The Morgan fingerprint density at radius 3 is 2.26 bits per heavy atom. The third-order valence-corrected chi connectivity index (χ3v) is 4.16. The SMILES string of the molecule is CC(C)COC(=O)[C@H](Cc1ccc(O)cc1)NC(=O)CNC(=O)OCc1ccccc1. The van der Waals surface area contributed by atoms with Gasteiger partial charge in [0.2, 0.25) is 5.91 Å². The molecular formula is C23H28N2O6. The molecule has 8 nitrogen and oxygen atoms in total. The maximum Gasteiger partial charge on any atom is 0.407 e. The van der Waals surface area contributed by atoms with Crippen LogP contribution in [0.25, 0.3) is 0 Å². The Morgan fingerprint density at radius 1 is 0.935 bits per heavy atom. The molecule has 0 saturated heterocycles. The van der Waals surface area contributed by atoms with E-state index in [0.717, 1.165) is 11.1 Å². The number of esters is 1. The molecule has 1 atom stereocenters. The number of amides is 2. The number of hydrogen-bond donors (Lipinski definition) is 3. The number of aromatic hydroxyl groups is 1. The van der Waals surface area contributed by atoms with Crippen molar-refractivity contribution >= 4 is 18.0 Å². The lowest BCUT2D eigenvalue weighted by Gasteiger charge is -2.19. The molecule has 0 unspecified atom stereocenters. The van der Waals surface area contributed by atoms with Gasteiger partial charge in [-0.15, -0.1) is 0 Å². The molecule has 2 aromatic rings. The molecule has 2 rings (SSSR count). The lowest BCUT2D eigenvalue weighted by atomic mass is 10.1. The standard InChI is InChI=1S/C23H28N2O6/c1-16(2)14-30-22(28)20(12-17-8-10-19(26)11-9-17)25-21(27)13-24-23(29)31-15-18-6-4-3-5-7-18/h3-11,16,20,26H,12-15H2,1-2H3,(H,24,29)(H,25,27)/t20-/m0/s1. The van der Waals surface area contributed by atoms with Crippen molar-refractivity contribution in [3.8, 4) is 5.75 Å². The molecule has 166 valence electrons. The van der Waals surface area contributed by atoms with Crippen LogP contribution in [0.15, 0.2) is 54.6 Å². The van der Waals surface area contributed by atoms with Gasteiger partial charge in [0, 0.05) is 6.42 Å². The number of carbonyl (C=O) groups is 3. The monoisotopic (exact) mass is 428 g/mol. The van der Waals surface area contributed by atoms with Crippen LogP contribution in [-0.4, -0.2) is 42.3 Å². The molecule has 0 aliphatic heterocycles. The van der Waals surface area contributed by atoms with Crippen molar-refractivity contribution in [1.82, 2.24) is 10.6 Å². The van der Waals surface area contributed by atoms with E-state index in [2.05, 4.69) is 10.6 Å². The molecule has 8 heteroatoms. The van der Waals surface area contributed by atoms with Gasteiger partial charge in [-0.2, -0.15) is 0 Å². The molecule has 3 N–H and O–H groups in total. The van der Waals surface area contributed by atoms with Crippen molar-refractivity contribution in [2.45, 2.75) is 32.9 Å². The second kappa shape index (κ2) is 12.2. The van der Waals surface area contributed by atoms with Gasteiger partial charge in [0.05, 0.1) is 6.61 Å². The molecule has 0 heterocycles. The smallest absolute Gasteiger partial charge is 0.407 e. The summed E-state index contributed by atoms with van der Waals surface area (Å²) in [4.78, 5) is 36.6. The van der Waals surface area contributed by atoms with E-state index in [-0.39, 0.29) is 37.8 Å². The van der Waals surface area contributed by atoms with Crippen LogP contribution in [0.1, 0.15) is 25.0 Å². The summed E-state index contributed by atoms with van der Waals surface area (Å²) in [5.41, 5.74) is 1.56. The van der Waals surface area contributed by atoms with E-state index in [4.69, 9.17) is 9.47 Å². The van der Waals surface area contributed by atoms with Crippen molar-refractivity contribution in [2.24, 2.45) is 5.92 Å². The van der Waals surface area contributed by atoms with E-state index in [1.807, 2.05) is 44.2 Å². The second-order valence-corrected chi connectivity index (χ2v) is 7.43. The highest BCUT2D eigenvalue weighted by Gasteiger charge is 2.23. The van der Waals surface area contributed by atoms with E-state index in [1.165, 1.54) is 12.1 Å². The first-order valence-electron chi connectivity index (χ1n) is 10.0. The zero-order valence-corrected chi connectivity index (χ0v) is 17.7. The summed E-state index contributed by atoms with van der Waals surface area (Å²) < 4.78 is 10.3. The molecule has 0 fully saturated rings. The summed E-state index contributed by atoms with van der Waals surface area (Å²) in [6.45, 7) is 3.78. The number of carbonyl (C=O) groups excluding carboxylic acids is 3. The number of hydrogen-bond acceptors (Lipinski definition) is 6. The van der Waals surface area contributed by atoms with E-state index in [9.17, 15) is 19.5 Å². The van der Waals surface area contributed by atoms with Crippen LogP contribution in [0, 0.1) is 5.92 Å². The number of alkyl carbamates (subject to hydrolysis) is 1. The molecule has 0 aliphatic carbocycles. The quantitative estimate of drug-likeness (QED) is 0.501. The number of phenols is 1. The Balaban J connectivity index is 1.87. The van der Waals surface area contributed by atoms with E-state index < -0.39 is 24.0 Å². The zero-order valence-electron chi connectivity index (χ0n) is 17.7. The minimum Gasteiger partial charge on any atom is -0.508 e. The van der Waals surface area contributed by atoms with Crippen LogP contribution in [0.3, 0.4) is 0 Å². The Kier molecular flexibility index (Phi) is 9.35. The normalized spacial score (nSPS) is 11.5. The van der Waals surface area contributed by atoms with Crippen molar-refractivity contribution in [1.29, 1.82) is 0 Å². The molecule has 0 spiro atoms. The van der Waals surface area contributed by atoms with Gasteiger partial charge < -0.3 is 25.2 Å². The molecule has 31 heavy (non-hydrogen) atoms. The number of rotatable bonds is 10. The van der Waals surface area contributed by atoms with Gasteiger partial charge in [-0.05, 0) is 29.2 Å². The highest BCUT2D eigenvalue weighted by Crippen LogP contribution is 2.12. The molecule has 0 radical (unpaired) electrons. The van der Waals surface area contributed by atoms with Crippen molar-refractivity contribution < 1.29 is 29.0 Å². The molecule has 0 aromatic heterocycles. The Morgan fingerprint density at radius 2 is 1.61 bits per heavy atom. The fourth-order valence-electron chi connectivity index (χ4n) is 2.58. The summed E-state index contributed by atoms with van der Waals surface area (Å²) in [5, 5.41) is 14.4. The maximum atomic E-state index is 12.5. The molecule has 2 aromatic carbocycles. The van der Waals surface area contributed by atoms with Crippen LogP contribution in [-0.2, 0) is 32.1 Å². The lowest BCUT2D eigenvalue weighted by Crippen LogP contribution is -2.47. The summed E-state index contributed by atoms with van der Waals surface area (Å²) in [6, 6.07) is 14.5. The minimum absolute atomic E-state index is 0.0826. The number of phenolic OH excluding ortho intramolecular Hbond substituents is 1. The predicted molar refractivity (Wildman–Crippen MR) is 114 cm³/mol.